The highest BCUT2D eigenvalue weighted by molar-refractivity contribution is 6.01. The van der Waals surface area contributed by atoms with Gasteiger partial charge in [-0.1, -0.05) is 36.4 Å². The van der Waals surface area contributed by atoms with Gasteiger partial charge in [0.2, 0.25) is 0 Å². The van der Waals surface area contributed by atoms with Gasteiger partial charge in [0.15, 0.2) is 11.5 Å². The molecule has 0 fully saturated rings. The molecule has 38 heavy (non-hydrogen) atoms. The van der Waals surface area contributed by atoms with Crippen LogP contribution < -0.4 is 14.8 Å². The third-order valence-corrected chi connectivity index (χ3v) is 7.65. The molecule has 0 saturated heterocycles. The summed E-state index contributed by atoms with van der Waals surface area (Å²) < 4.78 is 16.5. The Balaban J connectivity index is 1.68. The van der Waals surface area contributed by atoms with E-state index in [1.54, 1.807) is 55.5 Å². The first-order valence-electron chi connectivity index (χ1n) is 12.5. The Kier molecular flexibility index (Phi) is 6.80. The van der Waals surface area contributed by atoms with Crippen molar-refractivity contribution in [1.29, 1.82) is 0 Å². The Morgan fingerprint density at radius 2 is 1.66 bits per heavy atom. The van der Waals surface area contributed by atoms with E-state index >= 15 is 0 Å². The molecule has 0 spiro atoms. The van der Waals surface area contributed by atoms with Gasteiger partial charge in [-0.25, -0.2) is 0 Å². The van der Waals surface area contributed by atoms with Crippen molar-refractivity contribution in [3.8, 4) is 11.5 Å². The van der Waals surface area contributed by atoms with Crippen LogP contribution in [-0.2, 0) is 21.5 Å². The molecule has 0 radical (unpaired) electrons. The van der Waals surface area contributed by atoms with Crippen LogP contribution in [-0.4, -0.2) is 57.1 Å². The number of rotatable bonds is 7. The van der Waals surface area contributed by atoms with Gasteiger partial charge >= 0.3 is 5.97 Å². The average molecular weight is 515 g/mol. The van der Waals surface area contributed by atoms with Crippen LogP contribution in [0.1, 0.15) is 49.7 Å². The summed E-state index contributed by atoms with van der Waals surface area (Å²) in [5.74, 6) is -0.580. The van der Waals surface area contributed by atoms with Crippen LogP contribution in [0.25, 0.3) is 0 Å². The third kappa shape index (κ3) is 3.97. The van der Waals surface area contributed by atoms with Crippen LogP contribution in [0.2, 0.25) is 0 Å². The number of nitrogens with zero attached hydrogens (tertiary/aromatic N) is 1. The first-order valence-corrected chi connectivity index (χ1v) is 12.5. The lowest BCUT2D eigenvalue weighted by Crippen LogP contribution is -2.62. The number of hydrogen-bond acceptors (Lipinski definition) is 6. The molecular weight excluding hydrogens is 484 g/mol. The first-order chi connectivity index (χ1) is 18.5. The highest BCUT2D eigenvalue weighted by Crippen LogP contribution is 2.54. The zero-order valence-corrected chi connectivity index (χ0v) is 21.7. The number of carbonyl (C=O) groups excluding carboxylic acids is 3. The monoisotopic (exact) mass is 514 g/mol. The Bertz CT molecular complexity index is 1390. The third-order valence-electron chi connectivity index (χ3n) is 7.65. The second-order valence-electron chi connectivity index (χ2n) is 9.41. The summed E-state index contributed by atoms with van der Waals surface area (Å²) in [5, 5.41) is 2.99. The maximum Gasteiger partial charge on any atom is 0.315 e. The Hall–Kier alpha value is -4.33. The largest absolute Gasteiger partial charge is 0.493 e. The Morgan fingerprint density at radius 3 is 2.37 bits per heavy atom. The van der Waals surface area contributed by atoms with Gasteiger partial charge in [0.05, 0.1) is 26.9 Å². The fourth-order valence-electron chi connectivity index (χ4n) is 5.96. The molecule has 2 heterocycles. The van der Waals surface area contributed by atoms with Crippen molar-refractivity contribution in [3.05, 3.63) is 94.5 Å². The lowest BCUT2D eigenvalue weighted by atomic mass is 9.64. The zero-order chi connectivity index (χ0) is 26.9. The van der Waals surface area contributed by atoms with Crippen molar-refractivity contribution in [2.24, 2.45) is 0 Å². The summed E-state index contributed by atoms with van der Waals surface area (Å²) in [5.41, 5.74) is 2.25. The minimum absolute atomic E-state index is 0.157. The molecule has 196 valence electrons. The minimum atomic E-state index is -1.12. The molecule has 3 aromatic carbocycles. The minimum Gasteiger partial charge on any atom is -0.493 e. The number of carbonyl (C=O) groups is 3. The van der Waals surface area contributed by atoms with Crippen LogP contribution in [0.5, 0.6) is 11.5 Å². The SMILES string of the molecule is COC(=O)[C@@H]1c2ccccc2C(=O)N2CCc3cc(OC)c(OC)cc3[C@@]12CCNC(=O)c1ccccc1. The van der Waals surface area contributed by atoms with E-state index in [-0.39, 0.29) is 24.8 Å². The van der Waals surface area contributed by atoms with Gasteiger partial charge in [0.25, 0.3) is 11.8 Å². The molecule has 0 unspecified atom stereocenters. The average Bonchev–Trinajstić information content (AvgIpc) is 2.96. The number of esters is 1. The summed E-state index contributed by atoms with van der Waals surface area (Å²) in [4.78, 5) is 42.2. The second kappa shape index (κ2) is 10.2. The van der Waals surface area contributed by atoms with E-state index in [1.807, 2.05) is 30.3 Å². The molecule has 5 rings (SSSR count). The summed E-state index contributed by atoms with van der Waals surface area (Å²) in [7, 11) is 4.48. The van der Waals surface area contributed by atoms with Crippen molar-refractivity contribution >= 4 is 17.8 Å². The lowest BCUT2D eigenvalue weighted by Gasteiger charge is -2.54. The summed E-state index contributed by atoms with van der Waals surface area (Å²) >= 11 is 0. The molecule has 2 atom stereocenters. The summed E-state index contributed by atoms with van der Waals surface area (Å²) in [6.45, 7) is 0.622. The number of benzene rings is 3. The van der Waals surface area contributed by atoms with Crippen molar-refractivity contribution in [1.82, 2.24) is 10.2 Å². The lowest BCUT2D eigenvalue weighted by molar-refractivity contribution is -0.147. The van der Waals surface area contributed by atoms with Crippen LogP contribution in [0, 0.1) is 0 Å². The van der Waals surface area contributed by atoms with Gasteiger partial charge in [0, 0.05) is 24.2 Å². The predicted molar refractivity (Wildman–Crippen MR) is 141 cm³/mol. The second-order valence-corrected chi connectivity index (χ2v) is 9.41. The zero-order valence-electron chi connectivity index (χ0n) is 21.7. The van der Waals surface area contributed by atoms with Gasteiger partial charge in [-0.3, -0.25) is 14.4 Å². The summed E-state index contributed by atoms with van der Waals surface area (Å²) in [6, 6.07) is 19.9. The van der Waals surface area contributed by atoms with Gasteiger partial charge in [-0.15, -0.1) is 0 Å². The van der Waals surface area contributed by atoms with E-state index in [0.717, 1.165) is 11.1 Å². The highest BCUT2D eigenvalue weighted by atomic mass is 16.5. The molecule has 0 aliphatic carbocycles. The number of fused-ring (bicyclic) bond motifs is 4. The molecule has 0 bridgehead atoms. The number of ether oxygens (including phenoxy) is 3. The van der Waals surface area contributed by atoms with E-state index in [9.17, 15) is 14.4 Å². The van der Waals surface area contributed by atoms with E-state index in [4.69, 9.17) is 14.2 Å². The van der Waals surface area contributed by atoms with Crippen LogP contribution in [0.4, 0.5) is 0 Å². The fourth-order valence-corrected chi connectivity index (χ4v) is 5.96. The molecule has 0 aromatic heterocycles. The smallest absolute Gasteiger partial charge is 0.315 e. The van der Waals surface area contributed by atoms with Crippen LogP contribution in [0.3, 0.4) is 0 Å². The van der Waals surface area contributed by atoms with Crippen molar-refractivity contribution in [2.45, 2.75) is 24.3 Å². The van der Waals surface area contributed by atoms with Crippen molar-refractivity contribution in [3.63, 3.8) is 0 Å². The molecule has 2 aliphatic rings. The van der Waals surface area contributed by atoms with Gasteiger partial charge in [0.1, 0.15) is 5.92 Å². The molecular formula is C30H30N2O6. The highest BCUT2D eigenvalue weighted by Gasteiger charge is 2.58. The Morgan fingerprint density at radius 1 is 0.974 bits per heavy atom. The maximum absolute atomic E-state index is 13.9. The molecule has 2 aliphatic heterocycles. The van der Waals surface area contributed by atoms with Crippen LogP contribution >= 0.6 is 0 Å². The molecule has 8 nitrogen and oxygen atoms in total. The van der Waals surface area contributed by atoms with E-state index in [2.05, 4.69) is 5.32 Å². The van der Waals surface area contributed by atoms with E-state index < -0.39 is 17.4 Å². The van der Waals surface area contributed by atoms with E-state index in [1.165, 1.54) is 7.11 Å². The number of methoxy groups -OCH3 is 3. The number of amides is 2. The molecule has 2 amide bonds. The number of hydrogen-bond donors (Lipinski definition) is 1. The quantitative estimate of drug-likeness (QED) is 0.484. The Labute approximate surface area is 221 Å². The van der Waals surface area contributed by atoms with E-state index in [0.29, 0.717) is 41.2 Å². The normalized spacial score (nSPS) is 19.5. The van der Waals surface area contributed by atoms with Crippen LogP contribution in [0.15, 0.2) is 66.7 Å². The van der Waals surface area contributed by atoms with Gasteiger partial charge in [-0.2, -0.15) is 0 Å². The number of nitrogens with one attached hydrogen (secondary N) is 1. The molecule has 3 aromatic rings. The van der Waals surface area contributed by atoms with Crippen molar-refractivity contribution in [2.75, 3.05) is 34.4 Å². The summed E-state index contributed by atoms with van der Waals surface area (Å²) in [6.07, 6.45) is 0.865. The van der Waals surface area contributed by atoms with Gasteiger partial charge < -0.3 is 24.4 Å². The molecule has 0 saturated carbocycles. The fraction of sp³-hybridized carbons (Fsp3) is 0.300. The molecule has 8 heteroatoms. The first kappa shape index (κ1) is 25.3. The molecule has 1 N–H and O–H groups in total. The maximum atomic E-state index is 13.9. The predicted octanol–water partition coefficient (Wildman–Crippen LogP) is 3.69. The topological polar surface area (TPSA) is 94.2 Å². The standard InChI is InChI=1S/C30H30N2O6/c1-36-24-17-20-13-16-32-28(34)22-12-8-7-11-21(22)26(29(35)38-3)30(32,23(20)18-25(24)37-2)14-15-31-27(33)19-9-5-4-6-10-19/h4-12,17-18,26H,13-16H2,1-3H3,(H,31,33)/t26-,30-/m0/s1. The van der Waals surface area contributed by atoms with Gasteiger partial charge in [-0.05, 0) is 59.9 Å². The van der Waals surface area contributed by atoms with Crippen molar-refractivity contribution < 1.29 is 28.6 Å².